The fourth-order valence-electron chi connectivity index (χ4n) is 3.52. The van der Waals surface area contributed by atoms with E-state index in [1.165, 1.54) is 61.6 Å². The highest BCUT2D eigenvalue weighted by Gasteiger charge is 2.17. The van der Waals surface area contributed by atoms with E-state index in [1.54, 1.807) is 0 Å². The zero-order valence-electron chi connectivity index (χ0n) is 13.5. The SMILES string of the molecule is CCNC(CCC1CCCC1)Cc1ccc(C)c(C)c1. The lowest BCUT2D eigenvalue weighted by Crippen LogP contribution is -2.31. The van der Waals surface area contributed by atoms with Gasteiger partial charge in [-0.3, -0.25) is 0 Å². The van der Waals surface area contributed by atoms with Crippen molar-refractivity contribution in [3.05, 3.63) is 34.9 Å². The molecule has 1 saturated carbocycles. The van der Waals surface area contributed by atoms with Crippen LogP contribution in [0.2, 0.25) is 0 Å². The van der Waals surface area contributed by atoms with Crippen molar-refractivity contribution in [3.63, 3.8) is 0 Å². The van der Waals surface area contributed by atoms with Crippen molar-refractivity contribution in [2.75, 3.05) is 6.54 Å². The summed E-state index contributed by atoms with van der Waals surface area (Å²) in [6.07, 6.45) is 9.82. The molecule has 0 saturated heterocycles. The first-order chi connectivity index (χ1) is 9.69. The number of hydrogen-bond donors (Lipinski definition) is 1. The van der Waals surface area contributed by atoms with Gasteiger partial charge in [0, 0.05) is 6.04 Å². The standard InChI is InChI=1S/C19H31N/c1-4-20-19(12-11-17-7-5-6-8-17)14-18-10-9-15(2)16(3)13-18/h9-10,13,17,19-20H,4-8,11-12,14H2,1-3H3. The van der Waals surface area contributed by atoms with Crippen LogP contribution in [0, 0.1) is 19.8 Å². The number of likely N-dealkylation sites (N-methyl/N-ethyl adjacent to an activating group) is 1. The van der Waals surface area contributed by atoms with Crippen LogP contribution in [0.4, 0.5) is 0 Å². The van der Waals surface area contributed by atoms with Gasteiger partial charge in [-0.1, -0.05) is 50.8 Å². The highest BCUT2D eigenvalue weighted by atomic mass is 14.9. The summed E-state index contributed by atoms with van der Waals surface area (Å²) in [6, 6.07) is 7.60. The number of benzene rings is 1. The molecule has 1 N–H and O–H groups in total. The number of aryl methyl sites for hydroxylation is 2. The van der Waals surface area contributed by atoms with Gasteiger partial charge < -0.3 is 5.32 Å². The first kappa shape index (κ1) is 15.6. The van der Waals surface area contributed by atoms with Crippen molar-refractivity contribution >= 4 is 0 Å². The van der Waals surface area contributed by atoms with Crippen LogP contribution in [0.5, 0.6) is 0 Å². The summed E-state index contributed by atoms with van der Waals surface area (Å²) in [6.45, 7) is 7.73. The summed E-state index contributed by atoms with van der Waals surface area (Å²) >= 11 is 0. The maximum Gasteiger partial charge on any atom is 0.0107 e. The van der Waals surface area contributed by atoms with Gasteiger partial charge in [-0.25, -0.2) is 0 Å². The minimum absolute atomic E-state index is 0.655. The normalized spacial score (nSPS) is 17.6. The third-order valence-corrected chi connectivity index (χ3v) is 4.94. The minimum Gasteiger partial charge on any atom is -0.314 e. The van der Waals surface area contributed by atoms with E-state index in [1.807, 2.05) is 0 Å². The number of rotatable bonds is 7. The molecule has 0 amide bonds. The van der Waals surface area contributed by atoms with Gasteiger partial charge in [0.25, 0.3) is 0 Å². The number of nitrogens with one attached hydrogen (secondary N) is 1. The second-order valence-electron chi connectivity index (χ2n) is 6.61. The zero-order chi connectivity index (χ0) is 14.4. The maximum atomic E-state index is 3.69. The number of hydrogen-bond acceptors (Lipinski definition) is 1. The third kappa shape index (κ3) is 4.63. The molecule has 0 heterocycles. The van der Waals surface area contributed by atoms with Gasteiger partial charge in [-0.05, 0) is 62.3 Å². The van der Waals surface area contributed by atoms with E-state index < -0.39 is 0 Å². The largest absolute Gasteiger partial charge is 0.314 e. The molecule has 0 radical (unpaired) electrons. The van der Waals surface area contributed by atoms with Crippen molar-refractivity contribution in [1.29, 1.82) is 0 Å². The van der Waals surface area contributed by atoms with Crippen LogP contribution in [0.3, 0.4) is 0 Å². The molecule has 1 fully saturated rings. The average molecular weight is 273 g/mol. The summed E-state index contributed by atoms with van der Waals surface area (Å²) in [4.78, 5) is 0. The average Bonchev–Trinajstić information content (AvgIpc) is 2.94. The Morgan fingerprint density at radius 1 is 1.15 bits per heavy atom. The van der Waals surface area contributed by atoms with Crippen LogP contribution >= 0.6 is 0 Å². The van der Waals surface area contributed by atoms with Crippen LogP contribution in [0.1, 0.15) is 62.1 Å². The lowest BCUT2D eigenvalue weighted by molar-refractivity contribution is 0.407. The predicted molar refractivity (Wildman–Crippen MR) is 88.3 cm³/mol. The Labute approximate surface area is 125 Å². The van der Waals surface area contributed by atoms with Crippen molar-refractivity contribution in [2.24, 2.45) is 5.92 Å². The van der Waals surface area contributed by atoms with Gasteiger partial charge in [0.15, 0.2) is 0 Å². The molecule has 1 aliphatic rings. The molecule has 0 aromatic heterocycles. The molecule has 0 spiro atoms. The Hall–Kier alpha value is -0.820. The molecule has 1 heteroatoms. The molecule has 1 aromatic carbocycles. The Balaban J connectivity index is 1.88. The molecule has 1 aliphatic carbocycles. The molecule has 1 atom stereocenters. The Morgan fingerprint density at radius 2 is 1.90 bits per heavy atom. The van der Waals surface area contributed by atoms with Gasteiger partial charge in [0.1, 0.15) is 0 Å². The van der Waals surface area contributed by atoms with Crippen LogP contribution < -0.4 is 5.32 Å². The maximum absolute atomic E-state index is 3.69. The van der Waals surface area contributed by atoms with Crippen molar-refractivity contribution < 1.29 is 0 Å². The molecule has 20 heavy (non-hydrogen) atoms. The van der Waals surface area contributed by atoms with Gasteiger partial charge >= 0.3 is 0 Å². The highest BCUT2D eigenvalue weighted by Crippen LogP contribution is 2.29. The van der Waals surface area contributed by atoms with Crippen molar-refractivity contribution in [3.8, 4) is 0 Å². The van der Waals surface area contributed by atoms with E-state index in [4.69, 9.17) is 0 Å². The second-order valence-corrected chi connectivity index (χ2v) is 6.61. The quantitative estimate of drug-likeness (QED) is 0.753. The van der Waals surface area contributed by atoms with Crippen LogP contribution in [0.25, 0.3) is 0 Å². The molecule has 1 nitrogen and oxygen atoms in total. The molecule has 1 aromatic rings. The van der Waals surface area contributed by atoms with Gasteiger partial charge in [0.05, 0.1) is 0 Å². The molecule has 2 rings (SSSR count). The van der Waals surface area contributed by atoms with Gasteiger partial charge in [-0.2, -0.15) is 0 Å². The predicted octanol–water partition coefficient (Wildman–Crippen LogP) is 4.79. The summed E-state index contributed by atoms with van der Waals surface area (Å²) in [7, 11) is 0. The smallest absolute Gasteiger partial charge is 0.0107 e. The fourth-order valence-corrected chi connectivity index (χ4v) is 3.52. The van der Waals surface area contributed by atoms with E-state index in [-0.39, 0.29) is 0 Å². The molecule has 0 aliphatic heterocycles. The van der Waals surface area contributed by atoms with E-state index in [9.17, 15) is 0 Å². The minimum atomic E-state index is 0.655. The molecule has 0 bridgehead atoms. The molecule has 1 unspecified atom stereocenters. The Morgan fingerprint density at radius 3 is 2.55 bits per heavy atom. The van der Waals surface area contributed by atoms with E-state index >= 15 is 0 Å². The van der Waals surface area contributed by atoms with Gasteiger partial charge in [0.2, 0.25) is 0 Å². The van der Waals surface area contributed by atoms with E-state index in [0.717, 1.165) is 12.5 Å². The third-order valence-electron chi connectivity index (χ3n) is 4.94. The Bertz CT molecular complexity index is 404. The summed E-state index contributed by atoms with van der Waals surface area (Å²) in [5, 5.41) is 3.69. The van der Waals surface area contributed by atoms with Gasteiger partial charge in [-0.15, -0.1) is 0 Å². The first-order valence-electron chi connectivity index (χ1n) is 8.48. The van der Waals surface area contributed by atoms with Crippen LogP contribution in [-0.4, -0.2) is 12.6 Å². The molecule has 112 valence electrons. The topological polar surface area (TPSA) is 12.0 Å². The molecular weight excluding hydrogens is 242 g/mol. The van der Waals surface area contributed by atoms with Crippen molar-refractivity contribution in [2.45, 2.75) is 71.8 Å². The van der Waals surface area contributed by atoms with E-state index in [2.05, 4.69) is 44.3 Å². The van der Waals surface area contributed by atoms with Crippen molar-refractivity contribution in [1.82, 2.24) is 5.32 Å². The fraction of sp³-hybridized carbons (Fsp3) is 0.684. The molecular formula is C19H31N. The second kappa shape index (κ2) is 7.83. The lowest BCUT2D eigenvalue weighted by Gasteiger charge is -2.20. The van der Waals surface area contributed by atoms with E-state index in [0.29, 0.717) is 6.04 Å². The van der Waals surface area contributed by atoms with Crippen LogP contribution in [-0.2, 0) is 6.42 Å². The summed E-state index contributed by atoms with van der Waals surface area (Å²) in [5.74, 6) is 1.01. The van der Waals surface area contributed by atoms with Crippen LogP contribution in [0.15, 0.2) is 18.2 Å². The summed E-state index contributed by atoms with van der Waals surface area (Å²) < 4.78 is 0. The summed E-state index contributed by atoms with van der Waals surface area (Å²) in [5.41, 5.74) is 4.32. The monoisotopic (exact) mass is 273 g/mol. The Kier molecular flexibility index (Phi) is 6.09. The zero-order valence-corrected chi connectivity index (χ0v) is 13.5. The first-order valence-corrected chi connectivity index (χ1v) is 8.48. The lowest BCUT2D eigenvalue weighted by atomic mass is 9.94. The highest BCUT2D eigenvalue weighted by molar-refractivity contribution is 5.30.